The lowest BCUT2D eigenvalue weighted by Gasteiger charge is -2.38. The molecule has 1 heterocycles. The summed E-state index contributed by atoms with van der Waals surface area (Å²) in [5.41, 5.74) is 5.74. The Balaban J connectivity index is 2.28. The molecule has 12 heavy (non-hydrogen) atoms. The van der Waals surface area contributed by atoms with Crippen LogP contribution in [0.25, 0.3) is 0 Å². The van der Waals surface area contributed by atoms with Gasteiger partial charge >= 0.3 is 0 Å². The van der Waals surface area contributed by atoms with E-state index in [0.29, 0.717) is 6.54 Å². The smallest absolute Gasteiger partial charge is 0.158 e. The zero-order chi connectivity index (χ0) is 8.44. The zero-order valence-electron chi connectivity index (χ0n) is 6.90. The van der Waals surface area contributed by atoms with E-state index in [1.165, 1.54) is 6.42 Å². The standard InChI is InChI=1S/C8H12N4/c9-6-8(2-1-3-8)7-10-4-5-11-12-7/h4-5H,1-3,6,9H2. The molecule has 0 bridgehead atoms. The molecule has 0 saturated heterocycles. The first kappa shape index (κ1) is 7.61. The normalized spacial score (nSPS) is 20.1. The number of nitrogens with two attached hydrogens (primary N) is 1. The fourth-order valence-electron chi connectivity index (χ4n) is 1.61. The fraction of sp³-hybridized carbons (Fsp3) is 0.625. The molecule has 1 aliphatic rings. The topological polar surface area (TPSA) is 64.7 Å². The Labute approximate surface area is 71.2 Å². The first-order chi connectivity index (χ1) is 5.87. The third-order valence-electron chi connectivity index (χ3n) is 2.66. The van der Waals surface area contributed by atoms with Crippen LogP contribution in [0.1, 0.15) is 25.1 Å². The van der Waals surface area contributed by atoms with Gasteiger partial charge in [0.1, 0.15) is 0 Å². The highest BCUT2D eigenvalue weighted by atomic mass is 15.1. The van der Waals surface area contributed by atoms with Crippen molar-refractivity contribution in [1.82, 2.24) is 15.2 Å². The van der Waals surface area contributed by atoms with E-state index < -0.39 is 0 Å². The predicted molar refractivity (Wildman–Crippen MR) is 44.4 cm³/mol. The van der Waals surface area contributed by atoms with Crippen molar-refractivity contribution >= 4 is 0 Å². The number of hydrogen-bond donors (Lipinski definition) is 1. The van der Waals surface area contributed by atoms with Gasteiger partial charge in [-0.1, -0.05) is 6.42 Å². The molecule has 0 radical (unpaired) electrons. The van der Waals surface area contributed by atoms with Gasteiger partial charge in [-0.05, 0) is 12.8 Å². The summed E-state index contributed by atoms with van der Waals surface area (Å²) in [6.45, 7) is 0.638. The van der Waals surface area contributed by atoms with Crippen molar-refractivity contribution in [2.45, 2.75) is 24.7 Å². The first-order valence-corrected chi connectivity index (χ1v) is 4.22. The molecule has 1 aromatic rings. The van der Waals surface area contributed by atoms with Crippen LogP contribution < -0.4 is 5.73 Å². The molecule has 1 aromatic heterocycles. The minimum Gasteiger partial charge on any atom is -0.329 e. The SMILES string of the molecule is NCC1(c2nccnn2)CCC1. The Morgan fingerprint density at radius 3 is 2.67 bits per heavy atom. The molecule has 0 unspecified atom stereocenters. The predicted octanol–water partition coefficient (Wildman–Crippen LogP) is 0.252. The van der Waals surface area contributed by atoms with Crippen molar-refractivity contribution in [3.63, 3.8) is 0 Å². The molecule has 4 nitrogen and oxygen atoms in total. The van der Waals surface area contributed by atoms with Crippen LogP contribution in [0.2, 0.25) is 0 Å². The molecule has 1 aliphatic carbocycles. The maximum absolute atomic E-state index is 5.69. The van der Waals surface area contributed by atoms with Gasteiger partial charge in [-0.25, -0.2) is 4.98 Å². The van der Waals surface area contributed by atoms with Crippen LogP contribution >= 0.6 is 0 Å². The second kappa shape index (κ2) is 2.79. The van der Waals surface area contributed by atoms with Crippen molar-refractivity contribution in [1.29, 1.82) is 0 Å². The molecule has 2 N–H and O–H groups in total. The lowest BCUT2D eigenvalue weighted by Crippen LogP contribution is -2.43. The highest BCUT2D eigenvalue weighted by molar-refractivity contribution is 5.12. The van der Waals surface area contributed by atoms with Crippen LogP contribution in [0.15, 0.2) is 12.4 Å². The fourth-order valence-corrected chi connectivity index (χ4v) is 1.61. The van der Waals surface area contributed by atoms with Gasteiger partial charge in [-0.15, -0.1) is 5.10 Å². The summed E-state index contributed by atoms with van der Waals surface area (Å²) in [6.07, 6.45) is 6.71. The van der Waals surface area contributed by atoms with E-state index >= 15 is 0 Å². The van der Waals surface area contributed by atoms with Gasteiger partial charge < -0.3 is 5.73 Å². The molecule has 0 aliphatic heterocycles. The maximum atomic E-state index is 5.69. The lowest BCUT2D eigenvalue weighted by atomic mass is 9.68. The summed E-state index contributed by atoms with van der Waals surface area (Å²) >= 11 is 0. The van der Waals surface area contributed by atoms with Crippen molar-refractivity contribution in [2.75, 3.05) is 6.54 Å². The van der Waals surface area contributed by atoms with Crippen molar-refractivity contribution in [2.24, 2.45) is 5.73 Å². The Bertz CT molecular complexity index is 250. The minimum absolute atomic E-state index is 0.0499. The molecule has 4 heteroatoms. The van der Waals surface area contributed by atoms with Crippen LogP contribution in [0, 0.1) is 0 Å². The molecule has 1 saturated carbocycles. The van der Waals surface area contributed by atoms with Crippen molar-refractivity contribution < 1.29 is 0 Å². The average molecular weight is 164 g/mol. The van der Waals surface area contributed by atoms with E-state index in [0.717, 1.165) is 18.7 Å². The van der Waals surface area contributed by atoms with Crippen LogP contribution in [0.4, 0.5) is 0 Å². The van der Waals surface area contributed by atoms with Crippen LogP contribution in [-0.4, -0.2) is 21.7 Å². The molecule has 0 spiro atoms. The first-order valence-electron chi connectivity index (χ1n) is 4.22. The van der Waals surface area contributed by atoms with Gasteiger partial charge in [0.05, 0.1) is 6.20 Å². The Hall–Kier alpha value is -1.03. The Kier molecular flexibility index (Phi) is 1.77. The molecule has 0 atom stereocenters. The van der Waals surface area contributed by atoms with E-state index in [2.05, 4.69) is 15.2 Å². The average Bonchev–Trinajstić information content (AvgIpc) is 2.05. The van der Waals surface area contributed by atoms with Gasteiger partial charge in [0.2, 0.25) is 0 Å². The van der Waals surface area contributed by atoms with Crippen LogP contribution in [0.5, 0.6) is 0 Å². The highest BCUT2D eigenvalue weighted by Gasteiger charge is 2.40. The molecule has 1 fully saturated rings. The van der Waals surface area contributed by atoms with Gasteiger partial charge in [0.25, 0.3) is 0 Å². The summed E-state index contributed by atoms with van der Waals surface area (Å²) in [5.74, 6) is 0.818. The molecule has 2 rings (SSSR count). The van der Waals surface area contributed by atoms with E-state index in [4.69, 9.17) is 5.73 Å². The summed E-state index contributed by atoms with van der Waals surface area (Å²) in [5, 5.41) is 7.82. The Morgan fingerprint density at radius 2 is 2.25 bits per heavy atom. The summed E-state index contributed by atoms with van der Waals surface area (Å²) < 4.78 is 0. The zero-order valence-corrected chi connectivity index (χ0v) is 6.90. The van der Waals surface area contributed by atoms with E-state index in [1.807, 2.05) is 0 Å². The monoisotopic (exact) mass is 164 g/mol. The van der Waals surface area contributed by atoms with E-state index in [-0.39, 0.29) is 5.41 Å². The second-order valence-electron chi connectivity index (χ2n) is 3.30. The molecule has 0 aromatic carbocycles. The number of hydrogen-bond acceptors (Lipinski definition) is 4. The summed E-state index contributed by atoms with van der Waals surface area (Å²) in [6, 6.07) is 0. The second-order valence-corrected chi connectivity index (χ2v) is 3.30. The number of aromatic nitrogens is 3. The van der Waals surface area contributed by atoms with Crippen molar-refractivity contribution in [3.05, 3.63) is 18.2 Å². The van der Waals surface area contributed by atoms with Gasteiger partial charge in [0, 0.05) is 18.2 Å². The van der Waals surface area contributed by atoms with Crippen LogP contribution in [-0.2, 0) is 5.41 Å². The van der Waals surface area contributed by atoms with E-state index in [9.17, 15) is 0 Å². The summed E-state index contributed by atoms with van der Waals surface area (Å²) in [4.78, 5) is 4.19. The quantitative estimate of drug-likeness (QED) is 0.680. The molecular weight excluding hydrogens is 152 g/mol. The Morgan fingerprint density at radius 1 is 1.42 bits per heavy atom. The van der Waals surface area contributed by atoms with Gasteiger partial charge in [0.15, 0.2) is 5.82 Å². The molecule has 0 amide bonds. The van der Waals surface area contributed by atoms with Gasteiger partial charge in [-0.3, -0.25) is 0 Å². The summed E-state index contributed by atoms with van der Waals surface area (Å²) in [7, 11) is 0. The molecular formula is C8H12N4. The molecule has 64 valence electrons. The highest BCUT2D eigenvalue weighted by Crippen LogP contribution is 2.40. The largest absolute Gasteiger partial charge is 0.329 e. The van der Waals surface area contributed by atoms with E-state index in [1.54, 1.807) is 12.4 Å². The lowest BCUT2D eigenvalue weighted by molar-refractivity contribution is 0.235. The van der Waals surface area contributed by atoms with Crippen LogP contribution in [0.3, 0.4) is 0 Å². The number of rotatable bonds is 2. The van der Waals surface area contributed by atoms with Gasteiger partial charge in [-0.2, -0.15) is 5.10 Å². The third kappa shape index (κ3) is 0.992. The third-order valence-corrected chi connectivity index (χ3v) is 2.66. The number of nitrogens with zero attached hydrogens (tertiary/aromatic N) is 3. The minimum atomic E-state index is 0.0499. The maximum Gasteiger partial charge on any atom is 0.158 e. The van der Waals surface area contributed by atoms with Crippen molar-refractivity contribution in [3.8, 4) is 0 Å².